The standard InChI is InChI=1S/C25H26BrNO2/c1-24(2)9-11-27-12-10-25(3,4)21-22(27)19(24)13-18-17(14-20(28)29-23(18)21)15-5-7-16(26)8-6-15/h5-8,13-14H,9-12H2,1-4H3. The Bertz CT molecular complexity index is 1190. The molecule has 0 amide bonds. The summed E-state index contributed by atoms with van der Waals surface area (Å²) in [5.74, 6) is 0. The van der Waals surface area contributed by atoms with E-state index in [2.05, 4.69) is 66.7 Å². The summed E-state index contributed by atoms with van der Waals surface area (Å²) in [6.45, 7) is 11.4. The van der Waals surface area contributed by atoms with Gasteiger partial charge in [-0.25, -0.2) is 4.79 Å². The molecule has 0 saturated carbocycles. The van der Waals surface area contributed by atoms with Crippen molar-refractivity contribution in [2.45, 2.75) is 51.4 Å². The van der Waals surface area contributed by atoms with E-state index in [1.807, 2.05) is 12.1 Å². The molecule has 3 nitrogen and oxygen atoms in total. The number of halogens is 1. The lowest BCUT2D eigenvalue weighted by Crippen LogP contribution is -2.44. The fraction of sp³-hybridized carbons (Fsp3) is 0.400. The van der Waals surface area contributed by atoms with Crippen LogP contribution >= 0.6 is 15.9 Å². The SMILES string of the molecule is CC1(C)CCN2CCC(C)(C)c3c2c1cc1c(-c2ccc(Br)cc2)cc(=O)oc31. The number of benzene rings is 2. The van der Waals surface area contributed by atoms with Crippen LogP contribution in [0.4, 0.5) is 5.69 Å². The first kappa shape index (κ1) is 18.9. The van der Waals surface area contributed by atoms with Gasteiger partial charge in [-0.1, -0.05) is 55.8 Å². The van der Waals surface area contributed by atoms with E-state index in [-0.39, 0.29) is 16.5 Å². The number of fused-ring (bicyclic) bond motifs is 2. The molecule has 2 aromatic carbocycles. The molecule has 0 radical (unpaired) electrons. The van der Waals surface area contributed by atoms with Crippen LogP contribution in [0.25, 0.3) is 22.1 Å². The lowest BCUT2D eigenvalue weighted by molar-refractivity contribution is 0.398. The summed E-state index contributed by atoms with van der Waals surface area (Å²) in [7, 11) is 0. The van der Waals surface area contributed by atoms with E-state index in [0.717, 1.165) is 52.5 Å². The van der Waals surface area contributed by atoms with Gasteiger partial charge < -0.3 is 9.32 Å². The molecule has 0 N–H and O–H groups in total. The maximum Gasteiger partial charge on any atom is 0.336 e. The lowest BCUT2D eigenvalue weighted by Gasteiger charge is -2.48. The Labute approximate surface area is 179 Å². The van der Waals surface area contributed by atoms with Crippen LogP contribution in [0.15, 0.2) is 50.1 Å². The van der Waals surface area contributed by atoms with Crippen LogP contribution in [0, 0.1) is 0 Å². The highest BCUT2D eigenvalue weighted by molar-refractivity contribution is 9.10. The molecular weight excluding hydrogens is 426 g/mol. The maximum absolute atomic E-state index is 12.6. The average molecular weight is 452 g/mol. The summed E-state index contributed by atoms with van der Waals surface area (Å²) in [5.41, 5.74) is 6.43. The van der Waals surface area contributed by atoms with Crippen molar-refractivity contribution in [1.82, 2.24) is 0 Å². The van der Waals surface area contributed by atoms with Crippen LogP contribution < -0.4 is 10.5 Å². The first-order chi connectivity index (χ1) is 13.7. The molecule has 0 atom stereocenters. The van der Waals surface area contributed by atoms with Crippen LogP contribution in [-0.4, -0.2) is 13.1 Å². The molecule has 3 heterocycles. The van der Waals surface area contributed by atoms with Gasteiger partial charge in [0.05, 0.1) is 0 Å². The highest BCUT2D eigenvalue weighted by Gasteiger charge is 2.42. The van der Waals surface area contributed by atoms with Crippen LogP contribution in [0.3, 0.4) is 0 Å². The Balaban J connectivity index is 1.95. The Morgan fingerprint density at radius 1 is 0.966 bits per heavy atom. The van der Waals surface area contributed by atoms with Crippen LogP contribution in [0.2, 0.25) is 0 Å². The van der Waals surface area contributed by atoms with Crippen LogP contribution in [0.1, 0.15) is 51.7 Å². The van der Waals surface area contributed by atoms with Gasteiger partial charge >= 0.3 is 5.63 Å². The topological polar surface area (TPSA) is 33.5 Å². The van der Waals surface area contributed by atoms with Gasteiger partial charge in [-0.3, -0.25) is 0 Å². The normalized spacial score (nSPS) is 19.3. The predicted molar refractivity (Wildman–Crippen MR) is 123 cm³/mol. The molecule has 0 unspecified atom stereocenters. The van der Waals surface area contributed by atoms with Gasteiger partial charge in [-0.05, 0) is 58.6 Å². The maximum atomic E-state index is 12.6. The van der Waals surface area contributed by atoms with Crippen LogP contribution in [0.5, 0.6) is 0 Å². The summed E-state index contributed by atoms with van der Waals surface area (Å²) < 4.78 is 6.96. The Hall–Kier alpha value is -2.07. The van der Waals surface area contributed by atoms with E-state index < -0.39 is 0 Å². The lowest BCUT2D eigenvalue weighted by atomic mass is 9.69. The number of nitrogens with zero attached hydrogens (tertiary/aromatic N) is 1. The second-order valence-electron chi connectivity index (χ2n) is 9.77. The van der Waals surface area contributed by atoms with Gasteiger partial charge in [-0.2, -0.15) is 0 Å². The summed E-state index contributed by atoms with van der Waals surface area (Å²) in [6, 6.07) is 12.1. The van der Waals surface area contributed by atoms with E-state index >= 15 is 0 Å². The fourth-order valence-electron chi connectivity index (χ4n) is 5.05. The molecule has 0 fully saturated rings. The highest BCUT2D eigenvalue weighted by Crippen LogP contribution is 2.52. The molecule has 3 aromatic rings. The largest absolute Gasteiger partial charge is 0.422 e. The number of rotatable bonds is 1. The molecule has 1 aromatic heterocycles. The summed E-state index contributed by atoms with van der Waals surface area (Å²) in [6.07, 6.45) is 2.20. The Morgan fingerprint density at radius 3 is 2.31 bits per heavy atom. The highest BCUT2D eigenvalue weighted by atomic mass is 79.9. The summed E-state index contributed by atoms with van der Waals surface area (Å²) >= 11 is 3.51. The van der Waals surface area contributed by atoms with Crippen molar-refractivity contribution in [2.24, 2.45) is 0 Å². The first-order valence-electron chi connectivity index (χ1n) is 10.3. The molecule has 0 saturated heterocycles. The number of anilines is 1. The second kappa shape index (κ2) is 6.21. The summed E-state index contributed by atoms with van der Waals surface area (Å²) in [4.78, 5) is 15.1. The molecule has 2 aliphatic heterocycles. The van der Waals surface area contributed by atoms with Crippen molar-refractivity contribution in [1.29, 1.82) is 0 Å². The second-order valence-corrected chi connectivity index (χ2v) is 10.7. The predicted octanol–water partition coefficient (Wildman–Crippen LogP) is 6.39. The van der Waals surface area contributed by atoms with Gasteiger partial charge in [0, 0.05) is 40.3 Å². The molecule has 0 spiro atoms. The molecular formula is C25H26BrNO2. The smallest absolute Gasteiger partial charge is 0.336 e. The van der Waals surface area contributed by atoms with E-state index in [4.69, 9.17) is 4.42 Å². The minimum Gasteiger partial charge on any atom is -0.422 e. The Kier molecular flexibility index (Phi) is 4.05. The van der Waals surface area contributed by atoms with Gasteiger partial charge in [0.25, 0.3) is 0 Å². The van der Waals surface area contributed by atoms with E-state index in [1.165, 1.54) is 16.8 Å². The van der Waals surface area contributed by atoms with E-state index in [0.29, 0.717) is 0 Å². The van der Waals surface area contributed by atoms with E-state index in [1.54, 1.807) is 6.07 Å². The quantitative estimate of drug-likeness (QED) is 0.401. The third-order valence-corrected chi connectivity index (χ3v) is 7.43. The van der Waals surface area contributed by atoms with Crippen molar-refractivity contribution in [2.75, 3.05) is 18.0 Å². The third kappa shape index (κ3) is 2.87. The molecule has 4 heteroatoms. The van der Waals surface area contributed by atoms with Crippen molar-refractivity contribution in [3.63, 3.8) is 0 Å². The molecule has 0 bridgehead atoms. The third-order valence-electron chi connectivity index (χ3n) is 6.90. The van der Waals surface area contributed by atoms with Gasteiger partial charge in [0.1, 0.15) is 5.58 Å². The fourth-order valence-corrected chi connectivity index (χ4v) is 5.32. The first-order valence-corrected chi connectivity index (χ1v) is 11.1. The van der Waals surface area contributed by atoms with Gasteiger partial charge in [-0.15, -0.1) is 0 Å². The monoisotopic (exact) mass is 451 g/mol. The summed E-state index contributed by atoms with van der Waals surface area (Å²) in [5, 5.41) is 1.05. The van der Waals surface area contributed by atoms with Gasteiger partial charge in [0.15, 0.2) is 0 Å². The molecule has 0 aliphatic carbocycles. The minimum absolute atomic E-state index is 0.0399. The zero-order valence-electron chi connectivity index (χ0n) is 17.4. The molecule has 29 heavy (non-hydrogen) atoms. The zero-order valence-corrected chi connectivity index (χ0v) is 19.0. The molecule has 150 valence electrons. The van der Waals surface area contributed by atoms with Crippen molar-refractivity contribution < 1.29 is 4.42 Å². The Morgan fingerprint density at radius 2 is 1.62 bits per heavy atom. The number of hydrogen-bond acceptors (Lipinski definition) is 3. The number of hydrogen-bond donors (Lipinski definition) is 0. The average Bonchev–Trinajstić information content (AvgIpc) is 2.65. The van der Waals surface area contributed by atoms with Gasteiger partial charge in [0.2, 0.25) is 0 Å². The zero-order chi connectivity index (χ0) is 20.6. The minimum atomic E-state index is -0.283. The van der Waals surface area contributed by atoms with Crippen molar-refractivity contribution in [3.8, 4) is 11.1 Å². The molecule has 5 rings (SSSR count). The van der Waals surface area contributed by atoms with E-state index in [9.17, 15) is 4.79 Å². The van der Waals surface area contributed by atoms with Crippen LogP contribution in [-0.2, 0) is 10.8 Å². The molecule has 2 aliphatic rings. The van der Waals surface area contributed by atoms with Crippen molar-refractivity contribution >= 4 is 32.6 Å². The van der Waals surface area contributed by atoms with Crippen molar-refractivity contribution in [3.05, 3.63) is 62.4 Å².